The molecule has 3 rings (SSSR count). The molecule has 0 saturated heterocycles. The van der Waals surface area contributed by atoms with E-state index in [2.05, 4.69) is 10.6 Å². The summed E-state index contributed by atoms with van der Waals surface area (Å²) in [5.74, 6) is -2.06. The predicted octanol–water partition coefficient (Wildman–Crippen LogP) is 2.69. The summed E-state index contributed by atoms with van der Waals surface area (Å²) in [6.07, 6.45) is 0. The minimum Gasteiger partial charge on any atom is -0.633 e. The van der Waals surface area contributed by atoms with Gasteiger partial charge in [0.05, 0.1) is 76.6 Å². The highest BCUT2D eigenvalue weighted by Gasteiger charge is 2.38. The van der Waals surface area contributed by atoms with E-state index in [4.69, 9.17) is 0 Å². The first kappa shape index (κ1) is 29.4. The zero-order chi connectivity index (χ0) is 23.8. The third kappa shape index (κ3) is 6.29. The Balaban J connectivity index is 0.00000289. The second-order valence-electron chi connectivity index (χ2n) is 8.87. The number of benzene rings is 2. The number of rotatable bonds is 8. The van der Waals surface area contributed by atoms with E-state index in [1.54, 1.807) is 12.1 Å². The number of hydrogen-bond acceptors (Lipinski definition) is 8. The number of carbonyl (C=O) groups excluding carboxylic acids is 2. The number of fused-ring (bicyclic) bond motifs is 2. The van der Waals surface area contributed by atoms with Crippen LogP contribution in [0.4, 0.5) is 11.4 Å². The standard InChI is InChI=1S/C22H28N4O6.2ClH/c1-25(2,31)11-9-23-13-5-6-14(24-10-12-26(3,4)32)18-17(13)21(29)19-15(27)7-8-16(28)20(19)22(18)30;;/h5-8,23-24,27-28H,9-12H2,1-4H3;2*1H. The van der Waals surface area contributed by atoms with Crippen LogP contribution in [-0.2, 0) is 0 Å². The number of halogens is 2. The average molecular weight is 517 g/mol. The van der Waals surface area contributed by atoms with E-state index in [1.807, 2.05) is 0 Å². The highest BCUT2D eigenvalue weighted by atomic mass is 35.5. The number of phenolic OH excluding ortho intramolecular Hbond substituents is 2. The molecule has 0 aromatic heterocycles. The van der Waals surface area contributed by atoms with Crippen molar-refractivity contribution in [3.05, 3.63) is 56.9 Å². The number of nitrogens with zero attached hydrogens (tertiary/aromatic N) is 2. The largest absolute Gasteiger partial charge is 0.633 e. The first-order valence-corrected chi connectivity index (χ1v) is 10.2. The van der Waals surface area contributed by atoms with Gasteiger partial charge in [0, 0.05) is 11.4 Å². The number of phenols is 2. The lowest BCUT2D eigenvalue weighted by atomic mass is 9.81. The lowest BCUT2D eigenvalue weighted by molar-refractivity contribution is -0.838. The second-order valence-corrected chi connectivity index (χ2v) is 8.87. The van der Waals surface area contributed by atoms with Crippen LogP contribution in [0.5, 0.6) is 11.5 Å². The monoisotopic (exact) mass is 516 g/mol. The van der Waals surface area contributed by atoms with E-state index >= 15 is 0 Å². The number of anilines is 2. The Labute approximate surface area is 210 Å². The van der Waals surface area contributed by atoms with E-state index in [0.29, 0.717) is 11.4 Å². The predicted molar refractivity (Wildman–Crippen MR) is 135 cm³/mol. The van der Waals surface area contributed by atoms with E-state index in [9.17, 15) is 30.2 Å². The second kappa shape index (κ2) is 10.8. The maximum absolute atomic E-state index is 13.4. The van der Waals surface area contributed by atoms with Gasteiger partial charge in [0.25, 0.3) is 0 Å². The molecule has 188 valence electrons. The first-order valence-electron chi connectivity index (χ1n) is 10.2. The SMILES string of the molecule is C[N+](C)([O-])CCNc1ccc(NCC[N+](C)(C)[O-])c2c1C(=O)c1c(O)ccc(O)c1C2=O.Cl.Cl. The summed E-state index contributed by atoms with van der Waals surface area (Å²) in [5, 5.41) is 50.4. The van der Waals surface area contributed by atoms with Gasteiger partial charge in [-0.3, -0.25) is 9.59 Å². The van der Waals surface area contributed by atoms with Gasteiger partial charge in [-0.1, -0.05) is 0 Å². The Bertz CT molecular complexity index is 997. The number of ketones is 2. The van der Waals surface area contributed by atoms with Crippen LogP contribution in [0.3, 0.4) is 0 Å². The molecular weight excluding hydrogens is 487 g/mol. The van der Waals surface area contributed by atoms with Gasteiger partial charge in [-0.2, -0.15) is 0 Å². The van der Waals surface area contributed by atoms with Gasteiger partial charge < -0.3 is 40.6 Å². The summed E-state index contributed by atoms with van der Waals surface area (Å²) < 4.78 is -1.08. The number of carbonyl (C=O) groups is 2. The fraction of sp³-hybridized carbons (Fsp3) is 0.364. The molecule has 1 aliphatic carbocycles. The van der Waals surface area contributed by atoms with Gasteiger partial charge in [0.15, 0.2) is 0 Å². The zero-order valence-corrected chi connectivity index (χ0v) is 21.0. The van der Waals surface area contributed by atoms with Crippen molar-refractivity contribution in [3.8, 4) is 11.5 Å². The van der Waals surface area contributed by atoms with Gasteiger partial charge in [0.1, 0.15) is 11.5 Å². The van der Waals surface area contributed by atoms with Crippen molar-refractivity contribution < 1.29 is 29.1 Å². The highest BCUT2D eigenvalue weighted by molar-refractivity contribution is 6.33. The van der Waals surface area contributed by atoms with E-state index < -0.39 is 32.4 Å². The summed E-state index contributed by atoms with van der Waals surface area (Å²) in [5.41, 5.74) is 0.234. The molecule has 0 fully saturated rings. The quantitative estimate of drug-likeness (QED) is 0.203. The normalized spacial score (nSPS) is 12.8. The van der Waals surface area contributed by atoms with Crippen LogP contribution >= 0.6 is 24.8 Å². The third-order valence-electron chi connectivity index (χ3n) is 5.21. The van der Waals surface area contributed by atoms with Crippen molar-refractivity contribution >= 4 is 47.8 Å². The third-order valence-corrected chi connectivity index (χ3v) is 5.21. The average Bonchev–Trinajstić information content (AvgIpc) is 2.66. The maximum atomic E-state index is 13.4. The molecular formula is C22H30Cl2N4O6. The number of aromatic hydroxyl groups is 2. The molecule has 0 spiro atoms. The van der Waals surface area contributed by atoms with Crippen molar-refractivity contribution in [1.29, 1.82) is 0 Å². The molecule has 0 saturated carbocycles. The van der Waals surface area contributed by atoms with Crippen LogP contribution < -0.4 is 10.6 Å². The molecule has 4 N–H and O–H groups in total. The number of quaternary nitrogens is 2. The molecule has 0 aliphatic heterocycles. The molecule has 10 nitrogen and oxygen atoms in total. The summed E-state index contributed by atoms with van der Waals surface area (Å²) in [6, 6.07) is 5.54. The smallest absolute Gasteiger partial charge is 0.200 e. The fourth-order valence-electron chi connectivity index (χ4n) is 3.58. The molecule has 2 aromatic carbocycles. The minimum absolute atomic E-state index is 0. The van der Waals surface area contributed by atoms with Gasteiger partial charge in [-0.15, -0.1) is 24.8 Å². The number of hydroxylamine groups is 6. The minimum atomic E-state index is -0.620. The lowest BCUT2D eigenvalue weighted by Gasteiger charge is -2.34. The molecule has 0 atom stereocenters. The molecule has 2 aromatic rings. The van der Waals surface area contributed by atoms with Crippen molar-refractivity contribution in [2.24, 2.45) is 0 Å². The Morgan fingerprint density at radius 3 is 1.29 bits per heavy atom. The Morgan fingerprint density at radius 1 is 0.676 bits per heavy atom. The van der Waals surface area contributed by atoms with Crippen LogP contribution in [0.2, 0.25) is 0 Å². The molecule has 0 amide bonds. The molecule has 0 bridgehead atoms. The Morgan fingerprint density at radius 2 is 1.00 bits per heavy atom. The number of hydrogen-bond donors (Lipinski definition) is 4. The first-order chi connectivity index (χ1) is 14.8. The van der Waals surface area contributed by atoms with Crippen molar-refractivity contribution in [2.45, 2.75) is 0 Å². The topological polar surface area (TPSA) is 145 Å². The van der Waals surface area contributed by atoms with Crippen LogP contribution in [0.1, 0.15) is 31.8 Å². The van der Waals surface area contributed by atoms with E-state index in [-0.39, 0.29) is 73.2 Å². The van der Waals surface area contributed by atoms with Gasteiger partial charge >= 0.3 is 0 Å². The van der Waals surface area contributed by atoms with Crippen molar-refractivity contribution in [1.82, 2.24) is 0 Å². The van der Waals surface area contributed by atoms with Gasteiger partial charge in [0.2, 0.25) is 11.6 Å². The number of nitrogens with one attached hydrogen (secondary N) is 2. The Hall–Kier alpha value is -2.60. The summed E-state index contributed by atoms with van der Waals surface area (Å²) >= 11 is 0. The molecule has 0 heterocycles. The fourth-order valence-corrected chi connectivity index (χ4v) is 3.58. The summed E-state index contributed by atoms with van der Waals surface area (Å²) in [6.45, 7) is 0.932. The van der Waals surface area contributed by atoms with Crippen LogP contribution in [0.15, 0.2) is 24.3 Å². The van der Waals surface area contributed by atoms with E-state index in [0.717, 1.165) is 12.1 Å². The molecule has 0 unspecified atom stereocenters. The van der Waals surface area contributed by atoms with E-state index in [1.165, 1.54) is 28.2 Å². The zero-order valence-electron chi connectivity index (χ0n) is 19.4. The van der Waals surface area contributed by atoms with Crippen LogP contribution in [0.25, 0.3) is 0 Å². The molecule has 34 heavy (non-hydrogen) atoms. The van der Waals surface area contributed by atoms with Gasteiger partial charge in [-0.25, -0.2) is 0 Å². The van der Waals surface area contributed by atoms with Crippen LogP contribution in [0, 0.1) is 10.4 Å². The van der Waals surface area contributed by atoms with Gasteiger partial charge in [-0.05, 0) is 24.3 Å². The highest BCUT2D eigenvalue weighted by Crippen LogP contribution is 2.42. The molecule has 1 aliphatic rings. The van der Waals surface area contributed by atoms with Crippen molar-refractivity contribution in [2.75, 3.05) is 65.0 Å². The maximum Gasteiger partial charge on any atom is 0.200 e. The number of likely N-dealkylation sites (N-methyl/N-ethyl adjacent to an activating group) is 2. The summed E-state index contributed by atoms with van der Waals surface area (Å²) in [7, 11) is 5.97. The molecule has 12 heteroatoms. The van der Waals surface area contributed by atoms with Crippen LogP contribution in [-0.4, -0.2) is 85.4 Å². The lowest BCUT2D eigenvalue weighted by Crippen LogP contribution is -2.37. The molecule has 0 radical (unpaired) electrons. The summed E-state index contributed by atoms with van der Waals surface area (Å²) in [4.78, 5) is 26.8. The Kier molecular flexibility index (Phi) is 9.32. The van der Waals surface area contributed by atoms with Crippen molar-refractivity contribution in [3.63, 3.8) is 0 Å².